The van der Waals surface area contributed by atoms with Crippen molar-refractivity contribution in [2.75, 3.05) is 0 Å². The van der Waals surface area contributed by atoms with Crippen molar-refractivity contribution in [3.63, 3.8) is 0 Å². The summed E-state index contributed by atoms with van der Waals surface area (Å²) in [6, 6.07) is 5.08. The topological polar surface area (TPSA) is 12.9 Å². The minimum absolute atomic E-state index is 0.419. The van der Waals surface area contributed by atoms with Crippen LogP contribution >= 0.6 is 11.3 Å². The van der Waals surface area contributed by atoms with Crippen LogP contribution in [0.2, 0.25) is 0 Å². The third-order valence-corrected chi connectivity index (χ3v) is 3.11. The van der Waals surface area contributed by atoms with E-state index in [4.69, 9.17) is 0 Å². The molecule has 1 heterocycles. The second-order valence-corrected chi connectivity index (χ2v) is 3.94. The van der Waals surface area contributed by atoms with Gasteiger partial charge < -0.3 is 0 Å². The number of aryl methyl sites for hydroxylation is 1. The highest BCUT2D eigenvalue weighted by molar-refractivity contribution is 7.18. The van der Waals surface area contributed by atoms with Gasteiger partial charge in [-0.3, -0.25) is 0 Å². The SMILES string of the molecule is Cc1cccc2nc(C(F)(F)F)sc12. The predicted octanol–water partition coefficient (Wildman–Crippen LogP) is 3.62. The van der Waals surface area contributed by atoms with Gasteiger partial charge in [0.15, 0.2) is 5.01 Å². The lowest BCUT2D eigenvalue weighted by Crippen LogP contribution is -2.03. The van der Waals surface area contributed by atoms with Gasteiger partial charge in [-0.15, -0.1) is 11.3 Å². The fourth-order valence-corrected chi connectivity index (χ4v) is 2.11. The molecule has 0 N–H and O–H groups in total. The summed E-state index contributed by atoms with van der Waals surface area (Å²) >= 11 is 0.695. The van der Waals surface area contributed by atoms with Gasteiger partial charge in [-0.25, -0.2) is 4.98 Å². The van der Waals surface area contributed by atoms with Gasteiger partial charge in [-0.1, -0.05) is 12.1 Å². The predicted molar refractivity (Wildman–Crippen MR) is 49.4 cm³/mol. The summed E-state index contributed by atoms with van der Waals surface area (Å²) in [7, 11) is 0. The van der Waals surface area contributed by atoms with Crippen LogP contribution < -0.4 is 0 Å². The highest BCUT2D eigenvalue weighted by Gasteiger charge is 2.34. The average Bonchev–Trinajstić information content (AvgIpc) is 2.48. The van der Waals surface area contributed by atoms with Crippen molar-refractivity contribution >= 4 is 21.6 Å². The maximum absolute atomic E-state index is 12.3. The number of benzene rings is 1. The third kappa shape index (κ3) is 1.48. The first-order valence-corrected chi connectivity index (χ1v) is 4.73. The third-order valence-electron chi connectivity index (χ3n) is 1.85. The van der Waals surface area contributed by atoms with E-state index in [1.165, 1.54) is 0 Å². The zero-order valence-corrected chi connectivity index (χ0v) is 8.04. The Bertz CT molecular complexity index is 472. The minimum Gasteiger partial charge on any atom is -0.232 e. The van der Waals surface area contributed by atoms with E-state index in [0.717, 1.165) is 5.56 Å². The number of aromatic nitrogens is 1. The van der Waals surface area contributed by atoms with Gasteiger partial charge >= 0.3 is 6.18 Å². The highest BCUT2D eigenvalue weighted by atomic mass is 32.1. The lowest BCUT2D eigenvalue weighted by atomic mass is 10.2. The molecule has 0 bridgehead atoms. The molecular formula is C9H6F3NS. The van der Waals surface area contributed by atoms with Gasteiger partial charge in [0.05, 0.1) is 10.2 Å². The van der Waals surface area contributed by atoms with Crippen molar-refractivity contribution in [1.29, 1.82) is 0 Å². The summed E-state index contributed by atoms with van der Waals surface area (Å²) in [6.45, 7) is 1.78. The second kappa shape index (κ2) is 2.95. The molecule has 5 heteroatoms. The van der Waals surface area contributed by atoms with Crippen molar-refractivity contribution in [1.82, 2.24) is 4.98 Å². The smallest absolute Gasteiger partial charge is 0.232 e. The fraction of sp³-hybridized carbons (Fsp3) is 0.222. The molecule has 0 spiro atoms. The van der Waals surface area contributed by atoms with Crippen LogP contribution in [-0.4, -0.2) is 4.98 Å². The number of alkyl halides is 3. The lowest BCUT2D eigenvalue weighted by molar-refractivity contribution is -0.137. The van der Waals surface area contributed by atoms with E-state index < -0.39 is 11.2 Å². The molecule has 1 aromatic carbocycles. The first kappa shape index (κ1) is 9.45. The van der Waals surface area contributed by atoms with Crippen molar-refractivity contribution in [2.24, 2.45) is 0 Å². The van der Waals surface area contributed by atoms with Crippen molar-refractivity contribution < 1.29 is 13.2 Å². The molecule has 0 aliphatic carbocycles. The Hall–Kier alpha value is -1.10. The van der Waals surface area contributed by atoms with E-state index in [9.17, 15) is 13.2 Å². The quantitative estimate of drug-likeness (QED) is 0.656. The Kier molecular flexibility index (Phi) is 1.99. The van der Waals surface area contributed by atoms with Gasteiger partial charge in [0.1, 0.15) is 0 Å². The molecule has 0 fully saturated rings. The van der Waals surface area contributed by atoms with Gasteiger partial charge in [-0.05, 0) is 18.6 Å². The maximum atomic E-state index is 12.3. The first-order chi connectivity index (χ1) is 6.48. The molecule has 1 nitrogen and oxygen atoms in total. The number of rotatable bonds is 0. The zero-order valence-electron chi connectivity index (χ0n) is 7.22. The number of hydrogen-bond donors (Lipinski definition) is 0. The highest BCUT2D eigenvalue weighted by Crippen LogP contribution is 2.36. The molecule has 0 atom stereocenters. The summed E-state index contributed by atoms with van der Waals surface area (Å²) in [6.07, 6.45) is -4.34. The molecule has 1 aromatic heterocycles. The van der Waals surface area contributed by atoms with Crippen LogP contribution in [0.1, 0.15) is 10.6 Å². The van der Waals surface area contributed by atoms with E-state index in [1.54, 1.807) is 25.1 Å². The van der Waals surface area contributed by atoms with Crippen molar-refractivity contribution in [2.45, 2.75) is 13.1 Å². The van der Waals surface area contributed by atoms with E-state index in [2.05, 4.69) is 4.98 Å². The normalized spacial score (nSPS) is 12.3. The van der Waals surface area contributed by atoms with Crippen molar-refractivity contribution in [3.8, 4) is 0 Å². The van der Waals surface area contributed by atoms with Gasteiger partial charge in [0.2, 0.25) is 0 Å². The maximum Gasteiger partial charge on any atom is 0.443 e. The molecule has 0 unspecified atom stereocenters. The first-order valence-electron chi connectivity index (χ1n) is 3.92. The van der Waals surface area contributed by atoms with Crippen LogP contribution in [0.3, 0.4) is 0 Å². The Balaban J connectivity index is 2.69. The average molecular weight is 217 g/mol. The molecule has 0 amide bonds. The Labute approximate surface area is 82.2 Å². The van der Waals surface area contributed by atoms with Gasteiger partial charge in [0.25, 0.3) is 0 Å². The van der Waals surface area contributed by atoms with Crippen LogP contribution in [0.15, 0.2) is 18.2 Å². The molecule has 0 aliphatic rings. The van der Waals surface area contributed by atoms with E-state index >= 15 is 0 Å². The van der Waals surface area contributed by atoms with E-state index in [0.29, 0.717) is 21.6 Å². The molecule has 0 radical (unpaired) electrons. The Morgan fingerprint density at radius 3 is 2.57 bits per heavy atom. The van der Waals surface area contributed by atoms with E-state index in [-0.39, 0.29) is 0 Å². The molecule has 74 valence electrons. The number of thiazole rings is 1. The molecule has 2 rings (SSSR count). The summed E-state index contributed by atoms with van der Waals surface area (Å²) in [4.78, 5) is 3.54. The van der Waals surface area contributed by atoms with Crippen LogP contribution in [0.4, 0.5) is 13.2 Å². The second-order valence-electron chi connectivity index (χ2n) is 2.94. The summed E-state index contributed by atoms with van der Waals surface area (Å²) in [5.74, 6) is 0. The Morgan fingerprint density at radius 1 is 1.29 bits per heavy atom. The van der Waals surface area contributed by atoms with Gasteiger partial charge in [0, 0.05) is 0 Å². The number of hydrogen-bond acceptors (Lipinski definition) is 2. The zero-order chi connectivity index (χ0) is 10.3. The molecule has 2 aromatic rings. The van der Waals surface area contributed by atoms with Crippen LogP contribution in [0, 0.1) is 6.92 Å². The molecular weight excluding hydrogens is 211 g/mol. The monoisotopic (exact) mass is 217 g/mol. The van der Waals surface area contributed by atoms with Crippen LogP contribution in [0.5, 0.6) is 0 Å². The van der Waals surface area contributed by atoms with Crippen molar-refractivity contribution in [3.05, 3.63) is 28.8 Å². The molecule has 0 aliphatic heterocycles. The molecule has 0 saturated carbocycles. The van der Waals surface area contributed by atoms with E-state index in [1.807, 2.05) is 0 Å². The minimum atomic E-state index is -4.34. The summed E-state index contributed by atoms with van der Waals surface area (Å²) < 4.78 is 37.5. The fourth-order valence-electron chi connectivity index (χ4n) is 1.21. The van der Waals surface area contributed by atoms with Crippen LogP contribution in [-0.2, 0) is 6.18 Å². The molecule has 0 saturated heterocycles. The summed E-state index contributed by atoms with van der Waals surface area (Å²) in [5, 5.41) is -0.776. The van der Waals surface area contributed by atoms with Gasteiger partial charge in [-0.2, -0.15) is 13.2 Å². The number of nitrogens with zero attached hydrogens (tertiary/aromatic N) is 1. The molecule has 14 heavy (non-hydrogen) atoms. The van der Waals surface area contributed by atoms with Crippen LogP contribution in [0.25, 0.3) is 10.2 Å². The summed E-state index contributed by atoms with van der Waals surface area (Å²) in [5.41, 5.74) is 1.25. The lowest BCUT2D eigenvalue weighted by Gasteiger charge is -1.98. The number of halogens is 3. The largest absolute Gasteiger partial charge is 0.443 e. The Morgan fingerprint density at radius 2 is 2.00 bits per heavy atom. The standard InChI is InChI=1S/C9H6F3NS/c1-5-3-2-4-6-7(5)14-8(13-6)9(10,11)12/h2-4H,1H3. The number of fused-ring (bicyclic) bond motifs is 1.